The number of rotatable bonds is 7. The highest BCUT2D eigenvalue weighted by atomic mass is 32.2. The molecule has 2 heterocycles. The van der Waals surface area contributed by atoms with E-state index in [4.69, 9.17) is 9.47 Å². The van der Waals surface area contributed by atoms with Gasteiger partial charge in [-0.25, -0.2) is 9.59 Å². The van der Waals surface area contributed by atoms with Crippen molar-refractivity contribution in [3.8, 4) is 0 Å². The second-order valence-electron chi connectivity index (χ2n) is 5.25. The highest BCUT2D eigenvalue weighted by Crippen LogP contribution is 2.16. The van der Waals surface area contributed by atoms with Gasteiger partial charge in [-0.2, -0.15) is 4.73 Å². The van der Waals surface area contributed by atoms with Crippen LogP contribution in [0.2, 0.25) is 0 Å². The number of hydrogen-bond donors (Lipinski definition) is 2. The molecule has 0 fully saturated rings. The van der Waals surface area contributed by atoms with E-state index < -0.39 is 24.0 Å². The lowest BCUT2D eigenvalue weighted by atomic mass is 10.0. The van der Waals surface area contributed by atoms with Crippen molar-refractivity contribution in [1.82, 2.24) is 10.6 Å². The maximum atomic E-state index is 12.1. The Kier molecular flexibility index (Phi) is 6.84. The van der Waals surface area contributed by atoms with Gasteiger partial charge in [0.2, 0.25) is 0 Å². The Balaban J connectivity index is 1.99. The minimum atomic E-state index is -0.593. The Morgan fingerprint density at radius 1 is 1.35 bits per heavy atom. The fourth-order valence-corrected chi connectivity index (χ4v) is 2.96. The number of esters is 2. The fourth-order valence-electron chi connectivity index (χ4n) is 2.24. The van der Waals surface area contributed by atoms with Gasteiger partial charge < -0.3 is 25.3 Å². The highest BCUT2D eigenvalue weighted by Gasteiger charge is 2.30. The second kappa shape index (κ2) is 9.09. The molecule has 1 atom stereocenters. The van der Waals surface area contributed by atoms with E-state index in [1.807, 2.05) is 0 Å². The summed E-state index contributed by atoms with van der Waals surface area (Å²) in [5, 5.41) is 16.9. The van der Waals surface area contributed by atoms with Crippen molar-refractivity contribution in [1.29, 1.82) is 0 Å². The van der Waals surface area contributed by atoms with Crippen LogP contribution in [0.25, 0.3) is 0 Å². The summed E-state index contributed by atoms with van der Waals surface area (Å²) in [5.74, 6) is -1.27. The molecule has 1 aliphatic rings. The first-order chi connectivity index (χ1) is 12.4. The van der Waals surface area contributed by atoms with Crippen LogP contribution >= 0.6 is 11.8 Å². The van der Waals surface area contributed by atoms with Gasteiger partial charge in [0, 0.05) is 12.1 Å². The number of pyridine rings is 1. The molecule has 1 aromatic heterocycles. The Hall–Kier alpha value is -2.75. The molecule has 2 rings (SSSR count). The molecular weight excluding hydrogens is 362 g/mol. The van der Waals surface area contributed by atoms with Gasteiger partial charge in [-0.15, -0.1) is 0 Å². The van der Waals surface area contributed by atoms with Crippen LogP contribution < -0.4 is 15.4 Å². The van der Waals surface area contributed by atoms with E-state index in [1.54, 1.807) is 32.0 Å². The Morgan fingerprint density at radius 2 is 2.12 bits per heavy atom. The standard InChI is InChI=1S/C16H19N3O6S/c1-3-24-15(21)14-10(2)17-16(22)18-11(14)8-25-13(20)9-26-12-6-4-5-7-19(12)23/h4-7,10H,3,8-9H2,1-2H3,(H2,17,18,22). The molecule has 2 amide bonds. The third kappa shape index (κ3) is 5.12. The van der Waals surface area contributed by atoms with Crippen LogP contribution in [0.4, 0.5) is 4.79 Å². The Labute approximate surface area is 154 Å². The summed E-state index contributed by atoms with van der Waals surface area (Å²) in [6.07, 6.45) is 1.33. The number of urea groups is 1. The maximum absolute atomic E-state index is 12.1. The zero-order valence-electron chi connectivity index (χ0n) is 14.3. The number of carbonyl (C=O) groups is 3. The van der Waals surface area contributed by atoms with Gasteiger partial charge in [0.05, 0.1) is 23.9 Å². The topological polar surface area (TPSA) is 121 Å². The molecule has 10 heteroatoms. The van der Waals surface area contributed by atoms with Crippen molar-refractivity contribution in [2.75, 3.05) is 19.0 Å². The second-order valence-corrected chi connectivity index (χ2v) is 6.24. The third-order valence-electron chi connectivity index (χ3n) is 3.37. The van der Waals surface area contributed by atoms with Crippen LogP contribution in [0.3, 0.4) is 0 Å². The molecule has 0 radical (unpaired) electrons. The smallest absolute Gasteiger partial charge is 0.338 e. The number of thioether (sulfide) groups is 1. The Bertz CT molecular complexity index is 736. The van der Waals surface area contributed by atoms with Gasteiger partial charge in [0.15, 0.2) is 6.20 Å². The van der Waals surface area contributed by atoms with Crippen LogP contribution in [-0.4, -0.2) is 43.0 Å². The van der Waals surface area contributed by atoms with Gasteiger partial charge in [-0.05, 0) is 31.7 Å². The van der Waals surface area contributed by atoms with Gasteiger partial charge in [-0.1, -0.05) is 0 Å². The molecule has 9 nitrogen and oxygen atoms in total. The lowest BCUT2D eigenvalue weighted by Crippen LogP contribution is -2.50. The quantitative estimate of drug-likeness (QED) is 0.305. The summed E-state index contributed by atoms with van der Waals surface area (Å²) in [6, 6.07) is 3.78. The lowest BCUT2D eigenvalue weighted by Gasteiger charge is -2.26. The van der Waals surface area contributed by atoms with Crippen molar-refractivity contribution >= 4 is 29.7 Å². The van der Waals surface area contributed by atoms with E-state index in [0.717, 1.165) is 11.8 Å². The summed E-state index contributed by atoms with van der Waals surface area (Å²) in [6.45, 7) is 3.20. The number of aromatic nitrogens is 1. The zero-order valence-corrected chi connectivity index (χ0v) is 15.1. The Morgan fingerprint density at radius 3 is 2.81 bits per heavy atom. The number of hydrogen-bond acceptors (Lipinski definition) is 7. The first-order valence-corrected chi connectivity index (χ1v) is 8.85. The molecule has 2 N–H and O–H groups in total. The van der Waals surface area contributed by atoms with Crippen LogP contribution in [0, 0.1) is 5.21 Å². The van der Waals surface area contributed by atoms with Crippen molar-refractivity contribution in [3.05, 3.63) is 40.9 Å². The van der Waals surface area contributed by atoms with Crippen molar-refractivity contribution in [3.63, 3.8) is 0 Å². The predicted molar refractivity (Wildman–Crippen MR) is 91.9 cm³/mol. The molecule has 1 aromatic rings. The summed E-state index contributed by atoms with van der Waals surface area (Å²) >= 11 is 1.03. The van der Waals surface area contributed by atoms with E-state index in [1.165, 1.54) is 6.20 Å². The predicted octanol–water partition coefficient (Wildman–Crippen LogP) is 0.474. The van der Waals surface area contributed by atoms with Crippen LogP contribution in [0.1, 0.15) is 13.8 Å². The average molecular weight is 381 g/mol. The van der Waals surface area contributed by atoms with E-state index in [0.29, 0.717) is 9.76 Å². The first kappa shape index (κ1) is 19.6. The monoisotopic (exact) mass is 381 g/mol. The molecule has 0 saturated carbocycles. The van der Waals surface area contributed by atoms with Crippen LogP contribution in [-0.2, 0) is 19.1 Å². The van der Waals surface area contributed by atoms with E-state index in [9.17, 15) is 19.6 Å². The molecule has 0 aromatic carbocycles. The summed E-state index contributed by atoms with van der Waals surface area (Å²) < 4.78 is 10.7. The summed E-state index contributed by atoms with van der Waals surface area (Å²) in [4.78, 5) is 35.6. The van der Waals surface area contributed by atoms with Crippen LogP contribution in [0.15, 0.2) is 40.7 Å². The highest BCUT2D eigenvalue weighted by molar-refractivity contribution is 7.99. The van der Waals surface area contributed by atoms with Crippen molar-refractivity contribution in [2.24, 2.45) is 0 Å². The molecular formula is C16H19N3O6S. The zero-order chi connectivity index (χ0) is 19.1. The van der Waals surface area contributed by atoms with Gasteiger partial charge in [0.25, 0.3) is 5.03 Å². The summed E-state index contributed by atoms with van der Waals surface area (Å²) in [5.41, 5.74) is 0.379. The van der Waals surface area contributed by atoms with Gasteiger partial charge >= 0.3 is 18.0 Å². The summed E-state index contributed by atoms with van der Waals surface area (Å²) in [7, 11) is 0. The molecule has 140 valence electrons. The minimum Gasteiger partial charge on any atom is -0.618 e. The molecule has 26 heavy (non-hydrogen) atoms. The largest absolute Gasteiger partial charge is 0.618 e. The number of nitrogens with zero attached hydrogens (tertiary/aromatic N) is 1. The van der Waals surface area contributed by atoms with E-state index in [-0.39, 0.29) is 30.2 Å². The first-order valence-electron chi connectivity index (χ1n) is 7.86. The maximum Gasteiger partial charge on any atom is 0.338 e. The minimum absolute atomic E-state index is 0.0873. The van der Waals surface area contributed by atoms with Crippen molar-refractivity contribution in [2.45, 2.75) is 24.9 Å². The van der Waals surface area contributed by atoms with Crippen molar-refractivity contribution < 1.29 is 28.6 Å². The number of nitrogens with one attached hydrogen (secondary N) is 2. The SMILES string of the molecule is CCOC(=O)C1=C(COC(=O)CSc2cccc[n+]2[O-])NC(=O)NC1C. The van der Waals surface area contributed by atoms with Gasteiger partial charge in [-0.3, -0.25) is 4.79 Å². The number of carbonyl (C=O) groups excluding carboxylic acids is 3. The lowest BCUT2D eigenvalue weighted by molar-refractivity contribution is -0.645. The van der Waals surface area contributed by atoms with Gasteiger partial charge in [0.1, 0.15) is 12.4 Å². The molecule has 0 bridgehead atoms. The van der Waals surface area contributed by atoms with E-state index in [2.05, 4.69) is 10.6 Å². The third-order valence-corrected chi connectivity index (χ3v) is 4.36. The number of ether oxygens (including phenoxy) is 2. The average Bonchev–Trinajstić information content (AvgIpc) is 2.58. The molecule has 0 saturated heterocycles. The molecule has 0 spiro atoms. The molecule has 0 aliphatic carbocycles. The molecule has 1 unspecified atom stereocenters. The normalized spacial score (nSPS) is 16.5. The number of amides is 2. The molecule has 1 aliphatic heterocycles. The van der Waals surface area contributed by atoms with E-state index >= 15 is 0 Å². The van der Waals surface area contributed by atoms with Crippen LogP contribution in [0.5, 0.6) is 0 Å². The fraction of sp³-hybridized carbons (Fsp3) is 0.375.